The molecule has 1 aliphatic rings. The first-order chi connectivity index (χ1) is 12.2. The highest BCUT2D eigenvalue weighted by Gasteiger charge is 2.41. The van der Waals surface area contributed by atoms with Crippen LogP contribution in [-0.4, -0.2) is 49.8 Å². The van der Waals surface area contributed by atoms with Gasteiger partial charge in [0.25, 0.3) is 0 Å². The van der Waals surface area contributed by atoms with E-state index in [1.807, 2.05) is 0 Å². The van der Waals surface area contributed by atoms with Crippen molar-refractivity contribution < 1.29 is 17.9 Å². The minimum absolute atomic E-state index is 0.0319. The van der Waals surface area contributed by atoms with Gasteiger partial charge in [-0.25, -0.2) is 13.4 Å². The van der Waals surface area contributed by atoms with Crippen molar-refractivity contribution in [3.8, 4) is 0 Å². The molecule has 11 heteroatoms. The lowest BCUT2D eigenvalue weighted by Gasteiger charge is -2.36. The van der Waals surface area contributed by atoms with Crippen LogP contribution in [0.1, 0.15) is 0 Å². The summed E-state index contributed by atoms with van der Waals surface area (Å²) in [5.41, 5.74) is 10.8. The van der Waals surface area contributed by atoms with Gasteiger partial charge in [-0.1, -0.05) is 17.7 Å². The molecular weight excluding hydrogens is 382 g/mol. The number of benzene rings is 1. The number of guanidine groups is 1. The Hall–Kier alpha value is -2.43. The number of esters is 1. The number of carbonyl (C=O) groups is 1. The average Bonchev–Trinajstić information content (AvgIpc) is 2.55. The summed E-state index contributed by atoms with van der Waals surface area (Å²) in [6.45, 7) is 0.142. The molecule has 2 aromatic rings. The third-order valence-electron chi connectivity index (χ3n) is 4.04. The Kier molecular flexibility index (Phi) is 4.74. The maximum absolute atomic E-state index is 12.8. The molecule has 0 atom stereocenters. The lowest BCUT2D eigenvalue weighted by atomic mass is 10.0. The highest BCUT2D eigenvalue weighted by molar-refractivity contribution is 7.89. The van der Waals surface area contributed by atoms with Crippen LogP contribution in [-0.2, 0) is 19.6 Å². The number of pyridine rings is 1. The number of ether oxygens (including phenoxy) is 1. The van der Waals surface area contributed by atoms with Gasteiger partial charge in [-0.05, 0) is 12.1 Å². The van der Waals surface area contributed by atoms with Crippen LogP contribution in [0.3, 0.4) is 0 Å². The maximum Gasteiger partial charge on any atom is 0.311 e. The fourth-order valence-corrected chi connectivity index (χ4v) is 4.42. The van der Waals surface area contributed by atoms with Crippen LogP contribution in [0.25, 0.3) is 10.8 Å². The molecule has 0 aliphatic carbocycles. The molecule has 0 amide bonds. The van der Waals surface area contributed by atoms with Gasteiger partial charge < -0.3 is 16.2 Å². The molecular formula is C15H16ClN5O4S. The summed E-state index contributed by atoms with van der Waals surface area (Å²) in [5.74, 6) is -0.930. The molecule has 1 aromatic carbocycles. The Morgan fingerprint density at radius 3 is 2.65 bits per heavy atom. The Morgan fingerprint density at radius 2 is 2.04 bits per heavy atom. The zero-order valence-corrected chi connectivity index (χ0v) is 15.3. The molecule has 4 N–H and O–H groups in total. The molecule has 0 radical (unpaired) electrons. The van der Waals surface area contributed by atoms with Crippen LogP contribution in [0.15, 0.2) is 34.3 Å². The normalized spacial score (nSPS) is 15.5. The predicted molar refractivity (Wildman–Crippen MR) is 96.5 cm³/mol. The number of methoxy groups -OCH3 is 1. The number of halogens is 1. The second kappa shape index (κ2) is 6.71. The third kappa shape index (κ3) is 3.18. The average molecular weight is 398 g/mol. The van der Waals surface area contributed by atoms with Crippen molar-refractivity contribution in [3.63, 3.8) is 0 Å². The van der Waals surface area contributed by atoms with E-state index in [9.17, 15) is 13.2 Å². The number of rotatable bonds is 4. The fraction of sp³-hybridized carbons (Fsp3) is 0.267. The standard InChI is InChI=1S/C15H16ClN5O4S/c1-25-14(22)8-6-21(7-8)26(23,24)9-2-3-10-11(4-9)13(20-15(17)18)19-5-12(10)16/h2-5,8H,6-7H2,1H3,(H4,17,18,19,20). The molecule has 0 bridgehead atoms. The van der Waals surface area contributed by atoms with E-state index in [1.54, 1.807) is 6.07 Å². The molecule has 1 fully saturated rings. The van der Waals surface area contributed by atoms with Crippen molar-refractivity contribution >= 4 is 50.1 Å². The van der Waals surface area contributed by atoms with E-state index in [0.29, 0.717) is 15.8 Å². The van der Waals surface area contributed by atoms with Gasteiger partial charge in [0.05, 0.1) is 22.9 Å². The molecule has 2 heterocycles. The summed E-state index contributed by atoms with van der Waals surface area (Å²) in [7, 11) is -2.51. The summed E-state index contributed by atoms with van der Waals surface area (Å²) in [4.78, 5) is 19.4. The largest absolute Gasteiger partial charge is 0.469 e. The Morgan fingerprint density at radius 1 is 1.35 bits per heavy atom. The van der Waals surface area contributed by atoms with E-state index in [-0.39, 0.29) is 29.8 Å². The zero-order valence-electron chi connectivity index (χ0n) is 13.7. The number of fused-ring (bicyclic) bond motifs is 1. The van der Waals surface area contributed by atoms with Gasteiger partial charge in [0.1, 0.15) is 0 Å². The van der Waals surface area contributed by atoms with Crippen molar-refractivity contribution in [3.05, 3.63) is 29.4 Å². The molecule has 0 spiro atoms. The minimum Gasteiger partial charge on any atom is -0.469 e. The number of nitrogens with zero attached hydrogens (tertiary/aromatic N) is 3. The van der Waals surface area contributed by atoms with Crippen LogP contribution in [0.4, 0.5) is 5.82 Å². The number of hydrogen-bond donors (Lipinski definition) is 2. The highest BCUT2D eigenvalue weighted by Crippen LogP contribution is 2.33. The molecule has 1 saturated heterocycles. The van der Waals surface area contributed by atoms with Gasteiger partial charge in [0.2, 0.25) is 10.0 Å². The molecule has 1 aromatic heterocycles. The molecule has 138 valence electrons. The first-order valence-corrected chi connectivity index (χ1v) is 9.31. The molecule has 3 rings (SSSR count). The van der Waals surface area contributed by atoms with E-state index in [1.165, 1.54) is 29.7 Å². The van der Waals surface area contributed by atoms with Crippen LogP contribution in [0.2, 0.25) is 5.02 Å². The van der Waals surface area contributed by atoms with Crippen LogP contribution < -0.4 is 11.5 Å². The number of carbonyl (C=O) groups excluding carboxylic acids is 1. The van der Waals surface area contributed by atoms with Gasteiger partial charge in [0, 0.05) is 30.1 Å². The smallest absolute Gasteiger partial charge is 0.311 e. The minimum atomic E-state index is -3.78. The number of sulfonamides is 1. The maximum atomic E-state index is 12.8. The first-order valence-electron chi connectivity index (χ1n) is 7.50. The quantitative estimate of drug-likeness (QED) is 0.436. The molecule has 9 nitrogen and oxygen atoms in total. The molecule has 26 heavy (non-hydrogen) atoms. The van der Waals surface area contributed by atoms with Crippen LogP contribution in [0, 0.1) is 5.92 Å². The van der Waals surface area contributed by atoms with Crippen LogP contribution in [0.5, 0.6) is 0 Å². The second-order valence-electron chi connectivity index (χ2n) is 5.72. The lowest BCUT2D eigenvalue weighted by Crippen LogP contribution is -2.53. The van der Waals surface area contributed by atoms with Crippen molar-refractivity contribution in [2.75, 3.05) is 20.2 Å². The first kappa shape index (κ1) is 18.4. The molecule has 0 unspecified atom stereocenters. The molecule has 0 saturated carbocycles. The SMILES string of the molecule is COC(=O)C1CN(S(=O)(=O)c2ccc3c(Cl)cnc(N=C(N)N)c3c2)C1. The van der Waals surface area contributed by atoms with Crippen molar-refractivity contribution in [2.24, 2.45) is 22.4 Å². The Balaban J connectivity index is 2.01. The highest BCUT2D eigenvalue weighted by atomic mass is 35.5. The predicted octanol–water partition coefficient (Wildman–Crippen LogP) is 0.587. The summed E-state index contributed by atoms with van der Waals surface area (Å²) in [6.07, 6.45) is 1.39. The van der Waals surface area contributed by atoms with Gasteiger partial charge in [-0.15, -0.1) is 0 Å². The van der Waals surface area contributed by atoms with E-state index in [0.717, 1.165) is 0 Å². The van der Waals surface area contributed by atoms with E-state index in [4.69, 9.17) is 23.1 Å². The van der Waals surface area contributed by atoms with Gasteiger partial charge >= 0.3 is 5.97 Å². The van der Waals surface area contributed by atoms with Crippen LogP contribution >= 0.6 is 11.6 Å². The monoisotopic (exact) mass is 397 g/mol. The van der Waals surface area contributed by atoms with E-state index < -0.39 is 21.9 Å². The van der Waals surface area contributed by atoms with Crippen molar-refractivity contribution in [1.29, 1.82) is 0 Å². The summed E-state index contributed by atoms with van der Waals surface area (Å²) >= 11 is 6.12. The van der Waals surface area contributed by atoms with Gasteiger partial charge in [-0.3, -0.25) is 4.79 Å². The van der Waals surface area contributed by atoms with Gasteiger partial charge in [-0.2, -0.15) is 9.30 Å². The van der Waals surface area contributed by atoms with Crippen molar-refractivity contribution in [2.45, 2.75) is 4.90 Å². The number of aliphatic imine (C=N–C) groups is 1. The second-order valence-corrected chi connectivity index (χ2v) is 8.06. The Bertz CT molecular complexity index is 1010. The summed E-state index contributed by atoms with van der Waals surface area (Å²) < 4.78 is 31.4. The summed E-state index contributed by atoms with van der Waals surface area (Å²) in [6, 6.07) is 4.42. The summed E-state index contributed by atoms with van der Waals surface area (Å²) in [5, 5.41) is 1.31. The van der Waals surface area contributed by atoms with E-state index in [2.05, 4.69) is 14.7 Å². The lowest BCUT2D eigenvalue weighted by molar-refractivity contribution is -0.149. The topological polar surface area (TPSA) is 141 Å². The zero-order chi connectivity index (χ0) is 19.1. The fourth-order valence-electron chi connectivity index (χ4n) is 2.64. The van der Waals surface area contributed by atoms with Gasteiger partial charge in [0.15, 0.2) is 11.8 Å². The Labute approximate surface area is 154 Å². The number of nitrogens with two attached hydrogens (primary N) is 2. The van der Waals surface area contributed by atoms with Crippen molar-refractivity contribution in [1.82, 2.24) is 9.29 Å². The number of hydrogen-bond acceptors (Lipinski definition) is 6. The third-order valence-corrected chi connectivity index (χ3v) is 6.17. The molecule has 1 aliphatic heterocycles. The van der Waals surface area contributed by atoms with E-state index >= 15 is 0 Å². The number of aromatic nitrogens is 1.